The molecule has 2 aromatic rings. The van der Waals surface area contributed by atoms with Crippen LogP contribution in [0.5, 0.6) is 0 Å². The van der Waals surface area contributed by atoms with Gasteiger partial charge in [-0.05, 0) is 37.5 Å². The molecule has 2 aliphatic heterocycles. The van der Waals surface area contributed by atoms with E-state index in [1.807, 2.05) is 11.8 Å². The summed E-state index contributed by atoms with van der Waals surface area (Å²) < 4.78 is 18.2. The Morgan fingerprint density at radius 1 is 1.26 bits per heavy atom. The lowest BCUT2D eigenvalue weighted by atomic mass is 10.1. The van der Waals surface area contributed by atoms with Crippen LogP contribution in [0.1, 0.15) is 41.4 Å². The molecule has 1 fully saturated rings. The van der Waals surface area contributed by atoms with Gasteiger partial charge in [0.2, 0.25) is 11.8 Å². The Morgan fingerprint density at radius 3 is 2.77 bits per heavy atom. The van der Waals surface area contributed by atoms with Crippen molar-refractivity contribution in [3.05, 3.63) is 52.7 Å². The van der Waals surface area contributed by atoms with Gasteiger partial charge in [-0.2, -0.15) is 0 Å². The quantitative estimate of drug-likeness (QED) is 0.680. The van der Waals surface area contributed by atoms with E-state index in [2.05, 4.69) is 4.98 Å². The first-order valence-electron chi connectivity index (χ1n) is 10.6. The van der Waals surface area contributed by atoms with E-state index < -0.39 is 0 Å². The van der Waals surface area contributed by atoms with Crippen molar-refractivity contribution >= 4 is 17.6 Å². The summed E-state index contributed by atoms with van der Waals surface area (Å²) in [4.78, 5) is 38.0. The molecule has 1 aromatic heterocycles. The van der Waals surface area contributed by atoms with Gasteiger partial charge in [-0.15, -0.1) is 0 Å². The molecule has 0 bridgehead atoms. The van der Waals surface area contributed by atoms with Crippen molar-refractivity contribution in [2.24, 2.45) is 0 Å². The lowest BCUT2D eigenvalue weighted by Crippen LogP contribution is -2.30. The number of fused-ring (bicyclic) bond motifs is 1. The summed E-state index contributed by atoms with van der Waals surface area (Å²) in [6.07, 6.45) is 2.10. The van der Waals surface area contributed by atoms with Crippen molar-refractivity contribution in [1.29, 1.82) is 0 Å². The van der Waals surface area contributed by atoms with E-state index in [9.17, 15) is 14.0 Å². The Hall–Kier alpha value is -2.87. The third-order valence-electron chi connectivity index (χ3n) is 6.06. The first-order chi connectivity index (χ1) is 15.0. The maximum Gasteiger partial charge on any atom is 0.232 e. The molecule has 7 nitrogen and oxygen atoms in total. The Morgan fingerprint density at radius 2 is 2.03 bits per heavy atom. The number of nitrogens with zero attached hydrogens (tertiary/aromatic N) is 4. The van der Waals surface area contributed by atoms with Crippen LogP contribution in [0.15, 0.2) is 24.3 Å². The van der Waals surface area contributed by atoms with Gasteiger partial charge in [-0.3, -0.25) is 14.5 Å². The average Bonchev–Trinajstić information content (AvgIpc) is 3.37. The molecule has 4 rings (SSSR count). The molecule has 2 amide bonds. The number of anilines is 1. The highest BCUT2D eigenvalue weighted by Crippen LogP contribution is 2.33. The maximum atomic E-state index is 13.2. The number of rotatable bonds is 7. The van der Waals surface area contributed by atoms with Crippen molar-refractivity contribution in [3.8, 4) is 0 Å². The molecule has 0 spiro atoms. The number of halogens is 1. The minimum atomic E-state index is -0.273. The summed E-state index contributed by atoms with van der Waals surface area (Å²) in [5, 5.41) is 0. The number of hydrogen-bond acceptors (Lipinski definition) is 5. The van der Waals surface area contributed by atoms with Gasteiger partial charge in [0.1, 0.15) is 17.5 Å². The molecule has 1 saturated heterocycles. The van der Waals surface area contributed by atoms with Crippen LogP contribution in [0.2, 0.25) is 0 Å². The number of methoxy groups -OCH3 is 1. The minimum Gasteiger partial charge on any atom is -0.384 e. The van der Waals surface area contributed by atoms with Crippen molar-refractivity contribution < 1.29 is 18.7 Å². The van der Waals surface area contributed by atoms with Crippen LogP contribution >= 0.6 is 0 Å². The predicted octanol–water partition coefficient (Wildman–Crippen LogP) is 2.41. The SMILES string of the molecule is COCCC(=O)N1CCC(c2nc(C)c3c(n2)N(CCc2ccc(F)cc2)C(=O)C3)C1. The van der Waals surface area contributed by atoms with Crippen LogP contribution in [0.25, 0.3) is 0 Å². The number of aromatic nitrogens is 2. The second-order valence-corrected chi connectivity index (χ2v) is 8.14. The van der Waals surface area contributed by atoms with Crippen molar-refractivity contribution in [2.45, 2.75) is 38.5 Å². The minimum absolute atomic E-state index is 0.00875. The lowest BCUT2D eigenvalue weighted by molar-refractivity contribution is -0.131. The molecule has 164 valence electrons. The second-order valence-electron chi connectivity index (χ2n) is 8.14. The van der Waals surface area contributed by atoms with Crippen molar-refractivity contribution in [3.63, 3.8) is 0 Å². The number of likely N-dealkylation sites (tertiary alicyclic amines) is 1. The molecule has 1 unspecified atom stereocenters. The van der Waals surface area contributed by atoms with Gasteiger partial charge < -0.3 is 9.64 Å². The fourth-order valence-corrected chi connectivity index (χ4v) is 4.25. The van der Waals surface area contributed by atoms with E-state index in [-0.39, 0.29) is 23.5 Å². The average molecular weight is 426 g/mol. The van der Waals surface area contributed by atoms with Gasteiger partial charge in [-0.1, -0.05) is 12.1 Å². The zero-order valence-electron chi connectivity index (χ0n) is 17.9. The first kappa shape index (κ1) is 21.4. The summed E-state index contributed by atoms with van der Waals surface area (Å²) in [7, 11) is 1.59. The second kappa shape index (κ2) is 9.09. The molecule has 0 saturated carbocycles. The number of aryl methyl sites for hydroxylation is 1. The van der Waals surface area contributed by atoms with Gasteiger partial charge in [0.25, 0.3) is 0 Å². The standard InChI is InChI=1S/C23H27FN4O3/c1-15-19-13-21(30)28(11-7-16-3-5-18(24)6-4-16)23(19)26-22(25-15)17-8-10-27(14-17)20(29)9-12-31-2/h3-6,17H,7-14H2,1-2H3. The van der Waals surface area contributed by atoms with Crippen LogP contribution < -0.4 is 4.90 Å². The number of benzene rings is 1. The number of carbonyl (C=O) groups is 2. The van der Waals surface area contributed by atoms with Crippen LogP contribution in [0.3, 0.4) is 0 Å². The third-order valence-corrected chi connectivity index (χ3v) is 6.06. The summed E-state index contributed by atoms with van der Waals surface area (Å²) in [5.74, 6) is 1.25. The van der Waals surface area contributed by atoms with Crippen molar-refractivity contribution in [2.75, 3.05) is 38.3 Å². The largest absolute Gasteiger partial charge is 0.384 e. The molecular weight excluding hydrogens is 399 g/mol. The zero-order chi connectivity index (χ0) is 22.0. The molecular formula is C23H27FN4O3. The van der Waals surface area contributed by atoms with Gasteiger partial charge in [-0.25, -0.2) is 14.4 Å². The molecule has 8 heteroatoms. The Kier molecular flexibility index (Phi) is 6.27. The van der Waals surface area contributed by atoms with E-state index in [1.165, 1.54) is 12.1 Å². The summed E-state index contributed by atoms with van der Waals surface area (Å²) >= 11 is 0. The molecule has 1 aromatic carbocycles. The molecule has 2 aliphatic rings. The molecule has 1 atom stereocenters. The van der Waals surface area contributed by atoms with E-state index >= 15 is 0 Å². The van der Waals surface area contributed by atoms with Gasteiger partial charge in [0, 0.05) is 43.9 Å². The highest BCUT2D eigenvalue weighted by atomic mass is 19.1. The molecule has 0 N–H and O–H groups in total. The first-order valence-corrected chi connectivity index (χ1v) is 10.6. The van der Waals surface area contributed by atoms with E-state index in [0.717, 1.165) is 23.2 Å². The number of amides is 2. The third kappa shape index (κ3) is 4.58. The lowest BCUT2D eigenvalue weighted by Gasteiger charge is -2.19. The van der Waals surface area contributed by atoms with Crippen molar-refractivity contribution in [1.82, 2.24) is 14.9 Å². The summed E-state index contributed by atoms with van der Waals surface area (Å²) in [6, 6.07) is 6.33. The highest BCUT2D eigenvalue weighted by Gasteiger charge is 2.34. The molecule has 0 radical (unpaired) electrons. The van der Waals surface area contributed by atoms with Crippen LogP contribution in [0.4, 0.5) is 10.2 Å². The van der Waals surface area contributed by atoms with Gasteiger partial charge in [0.05, 0.1) is 19.4 Å². The Bertz CT molecular complexity index is 980. The zero-order valence-corrected chi connectivity index (χ0v) is 17.9. The topological polar surface area (TPSA) is 75.6 Å². The van der Waals surface area contributed by atoms with Crippen LogP contribution in [-0.4, -0.2) is 60.0 Å². The number of ether oxygens (including phenoxy) is 1. The Labute approximate surface area is 181 Å². The van der Waals surface area contributed by atoms with Gasteiger partial charge >= 0.3 is 0 Å². The molecule has 0 aliphatic carbocycles. The fraction of sp³-hybridized carbons (Fsp3) is 0.478. The summed E-state index contributed by atoms with van der Waals surface area (Å²) in [6.45, 7) is 4.08. The Balaban J connectivity index is 1.49. The normalized spacial score (nSPS) is 18.0. The monoisotopic (exact) mass is 426 g/mol. The number of carbonyl (C=O) groups excluding carboxylic acids is 2. The van der Waals surface area contributed by atoms with E-state index in [1.54, 1.807) is 24.1 Å². The smallest absolute Gasteiger partial charge is 0.232 e. The summed E-state index contributed by atoms with van der Waals surface area (Å²) in [5.41, 5.74) is 2.66. The van der Waals surface area contributed by atoms with Gasteiger partial charge in [0.15, 0.2) is 0 Å². The van der Waals surface area contributed by atoms with E-state index in [4.69, 9.17) is 9.72 Å². The highest BCUT2D eigenvalue weighted by molar-refractivity contribution is 6.00. The maximum absolute atomic E-state index is 13.2. The van der Waals surface area contributed by atoms with Crippen LogP contribution in [0, 0.1) is 12.7 Å². The molecule has 31 heavy (non-hydrogen) atoms. The fourth-order valence-electron chi connectivity index (χ4n) is 4.25. The van der Waals surface area contributed by atoms with Crippen LogP contribution in [-0.2, 0) is 27.2 Å². The predicted molar refractivity (Wildman–Crippen MR) is 113 cm³/mol. The molecule has 3 heterocycles. The van der Waals surface area contributed by atoms with E-state index in [0.29, 0.717) is 57.1 Å². The number of hydrogen-bond donors (Lipinski definition) is 0.